The molecule has 0 spiro atoms. The van der Waals surface area contributed by atoms with E-state index in [1.165, 1.54) is 13.2 Å². The fourth-order valence-electron chi connectivity index (χ4n) is 1.31. The summed E-state index contributed by atoms with van der Waals surface area (Å²) in [6, 6.07) is 4.56. The zero-order valence-electron chi connectivity index (χ0n) is 9.79. The lowest BCUT2D eigenvalue weighted by Crippen LogP contribution is -1.98. The van der Waals surface area contributed by atoms with Crippen molar-refractivity contribution in [3.63, 3.8) is 0 Å². The highest BCUT2D eigenvalue weighted by atomic mass is 16.6. The average Bonchev–Trinajstić information content (AvgIpc) is 2.35. The molecule has 5 nitrogen and oxygen atoms in total. The van der Waals surface area contributed by atoms with Crippen LogP contribution in [0.25, 0.3) is 6.08 Å². The van der Waals surface area contributed by atoms with Gasteiger partial charge in [0.1, 0.15) is 0 Å². The van der Waals surface area contributed by atoms with E-state index < -0.39 is 11.0 Å². The van der Waals surface area contributed by atoms with Gasteiger partial charge in [-0.25, -0.2) is 0 Å². The molecule has 1 aromatic carbocycles. The molecule has 0 aliphatic heterocycles. The first-order valence-electron chi connectivity index (χ1n) is 5.27. The van der Waals surface area contributed by atoms with Gasteiger partial charge in [0.2, 0.25) is 0 Å². The SMILES string of the molecule is CCC(O)C=Cc1ccc([N+](=O)[O-])c(OC)c1. The van der Waals surface area contributed by atoms with Gasteiger partial charge < -0.3 is 9.84 Å². The molecule has 1 aromatic rings. The maximum absolute atomic E-state index is 10.7. The number of nitrogens with zero attached hydrogens (tertiary/aromatic N) is 1. The molecular weight excluding hydrogens is 222 g/mol. The van der Waals surface area contributed by atoms with Crippen LogP contribution >= 0.6 is 0 Å². The van der Waals surface area contributed by atoms with Gasteiger partial charge >= 0.3 is 5.69 Å². The van der Waals surface area contributed by atoms with Crippen LogP contribution in [0.1, 0.15) is 18.9 Å². The predicted octanol–water partition coefficient (Wildman–Crippen LogP) is 2.39. The molecule has 0 saturated carbocycles. The zero-order valence-corrected chi connectivity index (χ0v) is 9.79. The molecule has 0 radical (unpaired) electrons. The number of rotatable bonds is 5. The van der Waals surface area contributed by atoms with E-state index in [0.717, 1.165) is 5.56 Å². The lowest BCUT2D eigenvalue weighted by atomic mass is 10.1. The van der Waals surface area contributed by atoms with Crippen molar-refractivity contribution in [1.29, 1.82) is 0 Å². The van der Waals surface area contributed by atoms with E-state index in [0.29, 0.717) is 6.42 Å². The molecule has 92 valence electrons. The van der Waals surface area contributed by atoms with Crippen LogP contribution in [0.4, 0.5) is 5.69 Å². The van der Waals surface area contributed by atoms with Crippen molar-refractivity contribution < 1.29 is 14.8 Å². The minimum atomic E-state index is -0.504. The third-order valence-corrected chi connectivity index (χ3v) is 2.33. The van der Waals surface area contributed by atoms with Crippen molar-refractivity contribution in [2.45, 2.75) is 19.4 Å². The molecule has 1 rings (SSSR count). The number of aliphatic hydroxyl groups excluding tert-OH is 1. The van der Waals surface area contributed by atoms with Crippen molar-refractivity contribution in [3.8, 4) is 5.75 Å². The predicted molar refractivity (Wildman–Crippen MR) is 65.0 cm³/mol. The third kappa shape index (κ3) is 3.57. The number of hydrogen-bond acceptors (Lipinski definition) is 4. The molecule has 0 saturated heterocycles. The van der Waals surface area contributed by atoms with E-state index in [1.54, 1.807) is 24.3 Å². The highest BCUT2D eigenvalue weighted by Crippen LogP contribution is 2.27. The van der Waals surface area contributed by atoms with Gasteiger partial charge in [0, 0.05) is 6.07 Å². The molecule has 1 atom stereocenters. The molecule has 0 fully saturated rings. The Hall–Kier alpha value is -1.88. The number of methoxy groups -OCH3 is 1. The third-order valence-electron chi connectivity index (χ3n) is 2.33. The summed E-state index contributed by atoms with van der Waals surface area (Å²) in [7, 11) is 1.39. The monoisotopic (exact) mass is 237 g/mol. The van der Waals surface area contributed by atoms with Crippen LogP contribution in [0.3, 0.4) is 0 Å². The van der Waals surface area contributed by atoms with Gasteiger partial charge in [-0.2, -0.15) is 0 Å². The Labute approximate surface area is 99.5 Å². The summed E-state index contributed by atoms with van der Waals surface area (Å²) in [6.45, 7) is 1.87. The van der Waals surface area contributed by atoms with Gasteiger partial charge in [0.15, 0.2) is 5.75 Å². The van der Waals surface area contributed by atoms with E-state index in [4.69, 9.17) is 4.74 Å². The van der Waals surface area contributed by atoms with Gasteiger partial charge in [-0.3, -0.25) is 10.1 Å². The van der Waals surface area contributed by atoms with Gasteiger partial charge in [-0.05, 0) is 24.1 Å². The minimum Gasteiger partial charge on any atom is -0.490 e. The maximum atomic E-state index is 10.7. The normalized spacial score (nSPS) is 12.6. The van der Waals surface area contributed by atoms with Crippen LogP contribution < -0.4 is 4.74 Å². The molecule has 0 aliphatic rings. The molecule has 1 unspecified atom stereocenters. The second-order valence-electron chi connectivity index (χ2n) is 3.52. The Morgan fingerprint density at radius 1 is 1.59 bits per heavy atom. The number of benzene rings is 1. The smallest absolute Gasteiger partial charge is 0.310 e. The topological polar surface area (TPSA) is 72.6 Å². The summed E-state index contributed by atoms with van der Waals surface area (Å²) in [4.78, 5) is 10.2. The number of nitro benzene ring substituents is 1. The number of ether oxygens (including phenoxy) is 1. The first-order valence-corrected chi connectivity index (χ1v) is 5.27. The van der Waals surface area contributed by atoms with Crippen LogP contribution in [-0.4, -0.2) is 23.2 Å². The van der Waals surface area contributed by atoms with E-state index in [9.17, 15) is 15.2 Å². The fraction of sp³-hybridized carbons (Fsp3) is 0.333. The second kappa shape index (κ2) is 6.00. The van der Waals surface area contributed by atoms with Gasteiger partial charge in [0.05, 0.1) is 18.1 Å². The van der Waals surface area contributed by atoms with E-state index in [1.807, 2.05) is 6.92 Å². The molecule has 0 amide bonds. The first kappa shape index (κ1) is 13.2. The van der Waals surface area contributed by atoms with Gasteiger partial charge in [-0.1, -0.05) is 19.1 Å². The molecule has 0 bridgehead atoms. The summed E-state index contributed by atoms with van der Waals surface area (Å²) in [5, 5.41) is 20.0. The van der Waals surface area contributed by atoms with Crippen molar-refractivity contribution in [3.05, 3.63) is 40.0 Å². The van der Waals surface area contributed by atoms with Crippen LogP contribution in [-0.2, 0) is 0 Å². The highest BCUT2D eigenvalue weighted by Gasteiger charge is 2.13. The quantitative estimate of drug-likeness (QED) is 0.630. The molecular formula is C12H15NO4. The van der Waals surface area contributed by atoms with E-state index >= 15 is 0 Å². The second-order valence-corrected chi connectivity index (χ2v) is 3.52. The highest BCUT2D eigenvalue weighted by molar-refractivity contribution is 5.58. The minimum absolute atomic E-state index is 0.0688. The van der Waals surface area contributed by atoms with Crippen molar-refractivity contribution in [2.24, 2.45) is 0 Å². The van der Waals surface area contributed by atoms with Gasteiger partial charge in [-0.15, -0.1) is 0 Å². The van der Waals surface area contributed by atoms with Crippen molar-refractivity contribution in [1.82, 2.24) is 0 Å². The number of hydrogen-bond donors (Lipinski definition) is 1. The Bertz CT molecular complexity index is 429. The van der Waals surface area contributed by atoms with E-state index in [-0.39, 0.29) is 11.4 Å². The van der Waals surface area contributed by atoms with Crippen LogP contribution in [0, 0.1) is 10.1 Å². The maximum Gasteiger partial charge on any atom is 0.310 e. The molecule has 17 heavy (non-hydrogen) atoms. The molecule has 0 aliphatic carbocycles. The van der Waals surface area contributed by atoms with Crippen LogP contribution in [0.2, 0.25) is 0 Å². The largest absolute Gasteiger partial charge is 0.490 e. The van der Waals surface area contributed by atoms with Crippen molar-refractivity contribution >= 4 is 11.8 Å². The summed E-state index contributed by atoms with van der Waals surface area (Å²) in [5.74, 6) is 0.211. The summed E-state index contributed by atoms with van der Waals surface area (Å²) >= 11 is 0. The van der Waals surface area contributed by atoms with E-state index in [2.05, 4.69) is 0 Å². The molecule has 0 heterocycles. The van der Waals surface area contributed by atoms with Crippen molar-refractivity contribution in [2.75, 3.05) is 7.11 Å². The van der Waals surface area contributed by atoms with Crippen LogP contribution in [0.5, 0.6) is 5.75 Å². The summed E-state index contributed by atoms with van der Waals surface area (Å²) in [6.07, 6.45) is 3.47. The molecule has 1 N–H and O–H groups in total. The van der Waals surface area contributed by atoms with Crippen LogP contribution in [0.15, 0.2) is 24.3 Å². The lowest BCUT2D eigenvalue weighted by Gasteiger charge is -2.03. The standard InChI is InChI=1S/C12H15NO4/c1-3-10(14)6-4-9-5-7-11(13(15)16)12(8-9)17-2/h4-8,10,14H,3H2,1-2H3. The fourth-order valence-corrected chi connectivity index (χ4v) is 1.31. The summed E-state index contributed by atoms with van der Waals surface area (Å²) < 4.78 is 4.94. The Kier molecular flexibility index (Phi) is 4.66. The Morgan fingerprint density at radius 2 is 2.29 bits per heavy atom. The lowest BCUT2D eigenvalue weighted by molar-refractivity contribution is -0.385. The molecule has 5 heteroatoms. The van der Waals surface area contributed by atoms with Gasteiger partial charge in [0.25, 0.3) is 0 Å². The summed E-state index contributed by atoms with van der Waals surface area (Å²) in [5.41, 5.74) is 0.681. The Morgan fingerprint density at radius 3 is 2.82 bits per heavy atom. The number of nitro groups is 1. The molecule has 0 aromatic heterocycles. The Balaban J connectivity index is 2.97. The number of aliphatic hydroxyl groups is 1. The zero-order chi connectivity index (χ0) is 12.8. The average molecular weight is 237 g/mol. The first-order chi connectivity index (χ1) is 8.08.